The highest BCUT2D eigenvalue weighted by Gasteiger charge is 2.51. The Hall–Kier alpha value is -3.73. The molecule has 1 aliphatic heterocycles. The molecule has 1 saturated carbocycles. The van der Waals surface area contributed by atoms with E-state index in [4.69, 9.17) is 0 Å². The number of aromatic nitrogens is 1. The fourth-order valence-corrected chi connectivity index (χ4v) is 3.54. The maximum atomic E-state index is 12.9. The van der Waals surface area contributed by atoms with Gasteiger partial charge in [0.2, 0.25) is 0 Å². The van der Waals surface area contributed by atoms with Crippen LogP contribution in [0.4, 0.5) is 0 Å². The van der Waals surface area contributed by atoms with Gasteiger partial charge in [0.05, 0.1) is 17.2 Å². The molecule has 4 rings (SSSR count). The van der Waals surface area contributed by atoms with Gasteiger partial charge in [-0.05, 0) is 37.1 Å². The number of nitrogens with zero attached hydrogens (tertiary/aromatic N) is 5. The number of amidine groups is 1. The molecule has 152 valence electrons. The predicted molar refractivity (Wildman–Crippen MR) is 109 cm³/mol. The van der Waals surface area contributed by atoms with Crippen LogP contribution in [-0.4, -0.2) is 69.3 Å². The number of carbonyl (C=O) groups excluding carboxylic acids is 1. The highest BCUT2D eigenvalue weighted by molar-refractivity contribution is 6.00. The molecule has 0 atom stereocenters. The number of piperazine rings is 1. The summed E-state index contributed by atoms with van der Waals surface area (Å²) >= 11 is 0. The summed E-state index contributed by atoms with van der Waals surface area (Å²) < 4.78 is 0. The minimum absolute atomic E-state index is 0.174. The van der Waals surface area contributed by atoms with Crippen molar-refractivity contribution < 1.29 is 14.7 Å². The third-order valence-electron chi connectivity index (χ3n) is 5.48. The van der Waals surface area contributed by atoms with E-state index in [1.807, 2.05) is 17.0 Å². The zero-order valence-corrected chi connectivity index (χ0v) is 16.4. The first-order valence-corrected chi connectivity index (χ1v) is 9.82. The van der Waals surface area contributed by atoms with Crippen molar-refractivity contribution in [2.45, 2.75) is 18.4 Å². The number of hydrogen-bond donors (Lipinski definition) is 1. The number of carbonyl (C=O) groups is 2. The smallest absolute Gasteiger partial charge is 0.331 e. The van der Waals surface area contributed by atoms with Crippen molar-refractivity contribution in [1.82, 2.24) is 14.8 Å². The van der Waals surface area contributed by atoms with Crippen LogP contribution in [0.1, 0.15) is 34.5 Å². The van der Waals surface area contributed by atoms with E-state index in [0.29, 0.717) is 61.7 Å². The molecule has 0 bridgehead atoms. The van der Waals surface area contributed by atoms with Gasteiger partial charge in [-0.15, -0.1) is 0 Å². The number of aliphatic carboxylic acids is 1. The maximum absolute atomic E-state index is 12.9. The van der Waals surface area contributed by atoms with E-state index in [9.17, 15) is 20.0 Å². The monoisotopic (exact) mass is 403 g/mol. The summed E-state index contributed by atoms with van der Waals surface area (Å²) in [5.74, 6) is -0.537. The lowest BCUT2D eigenvalue weighted by Gasteiger charge is -2.36. The van der Waals surface area contributed by atoms with E-state index in [0.717, 1.165) is 0 Å². The van der Waals surface area contributed by atoms with E-state index in [1.165, 1.54) is 0 Å². The fourth-order valence-electron chi connectivity index (χ4n) is 3.54. The molecule has 0 spiro atoms. The van der Waals surface area contributed by atoms with Crippen molar-refractivity contribution in [3.05, 3.63) is 65.5 Å². The maximum Gasteiger partial charge on any atom is 0.331 e. The number of carboxylic acids is 1. The molecule has 1 saturated heterocycles. The van der Waals surface area contributed by atoms with Crippen molar-refractivity contribution in [1.29, 1.82) is 5.26 Å². The second-order valence-electron chi connectivity index (χ2n) is 7.42. The van der Waals surface area contributed by atoms with Gasteiger partial charge in [-0.1, -0.05) is 18.2 Å². The van der Waals surface area contributed by atoms with E-state index < -0.39 is 11.5 Å². The summed E-state index contributed by atoms with van der Waals surface area (Å²) in [6, 6.07) is 14.3. The Bertz CT molecular complexity index is 1030. The predicted octanol–water partition coefficient (Wildman–Crippen LogP) is 1.78. The van der Waals surface area contributed by atoms with Crippen molar-refractivity contribution in [3.8, 4) is 6.07 Å². The molecule has 1 aliphatic carbocycles. The standard InChI is InChI=1S/C22H21N5O3/c23-15-16-5-1-2-6-17(16)20(28)27-13-11-26(12-14-27)19(18-7-3-4-10-24-18)25-22(8-9-22)21(29)30/h1-7,10H,8-9,11-14H2,(H,29,30)/b25-19+. The normalized spacial score (nSPS) is 17.9. The Balaban J connectivity index is 1.54. The third kappa shape index (κ3) is 3.74. The number of nitriles is 1. The van der Waals surface area contributed by atoms with Crippen LogP contribution in [0.25, 0.3) is 0 Å². The summed E-state index contributed by atoms with van der Waals surface area (Å²) in [5.41, 5.74) is 0.318. The van der Waals surface area contributed by atoms with Gasteiger partial charge in [0.1, 0.15) is 5.69 Å². The van der Waals surface area contributed by atoms with Gasteiger partial charge in [-0.25, -0.2) is 9.79 Å². The molecule has 1 aromatic carbocycles. The van der Waals surface area contributed by atoms with Gasteiger partial charge in [0.25, 0.3) is 5.91 Å². The van der Waals surface area contributed by atoms with Crippen LogP contribution in [-0.2, 0) is 4.79 Å². The minimum Gasteiger partial charge on any atom is -0.479 e. The van der Waals surface area contributed by atoms with Crippen molar-refractivity contribution >= 4 is 17.7 Å². The van der Waals surface area contributed by atoms with Crippen LogP contribution in [0.3, 0.4) is 0 Å². The van der Waals surface area contributed by atoms with Gasteiger partial charge < -0.3 is 14.9 Å². The van der Waals surface area contributed by atoms with Gasteiger partial charge in [0.15, 0.2) is 11.4 Å². The summed E-state index contributed by atoms with van der Waals surface area (Å²) in [7, 11) is 0. The number of aliphatic imine (C=N–C) groups is 1. The number of carboxylic acid groups (broad SMARTS) is 1. The van der Waals surface area contributed by atoms with E-state index in [2.05, 4.69) is 16.0 Å². The molecule has 1 amide bonds. The molecule has 1 N–H and O–H groups in total. The number of rotatable bonds is 4. The number of hydrogen-bond acceptors (Lipinski definition) is 5. The molecule has 2 fully saturated rings. The summed E-state index contributed by atoms with van der Waals surface area (Å²) in [6.45, 7) is 1.91. The first-order valence-electron chi connectivity index (χ1n) is 9.82. The molecular formula is C22H21N5O3. The lowest BCUT2D eigenvalue weighted by atomic mass is 10.1. The van der Waals surface area contributed by atoms with Crippen LogP contribution < -0.4 is 0 Å². The number of benzene rings is 1. The zero-order chi connectivity index (χ0) is 21.1. The molecule has 2 aromatic rings. The van der Waals surface area contributed by atoms with Crippen LogP contribution >= 0.6 is 0 Å². The Morgan fingerprint density at radius 2 is 1.70 bits per heavy atom. The van der Waals surface area contributed by atoms with E-state index in [1.54, 1.807) is 41.4 Å². The van der Waals surface area contributed by atoms with Crippen LogP contribution in [0.2, 0.25) is 0 Å². The lowest BCUT2D eigenvalue weighted by molar-refractivity contribution is -0.139. The topological polar surface area (TPSA) is 110 Å². The molecule has 8 nitrogen and oxygen atoms in total. The molecule has 2 aliphatic rings. The number of amides is 1. The molecule has 0 unspecified atom stereocenters. The van der Waals surface area contributed by atoms with Gasteiger partial charge in [-0.3, -0.25) is 9.78 Å². The Kier molecular flexibility index (Phi) is 5.19. The Labute approximate surface area is 174 Å². The van der Waals surface area contributed by atoms with Crippen LogP contribution in [0.15, 0.2) is 53.7 Å². The van der Waals surface area contributed by atoms with Crippen LogP contribution in [0, 0.1) is 11.3 Å². The fraction of sp³-hybridized carbons (Fsp3) is 0.318. The average molecular weight is 403 g/mol. The van der Waals surface area contributed by atoms with Gasteiger partial charge in [-0.2, -0.15) is 5.26 Å². The van der Waals surface area contributed by atoms with Gasteiger partial charge in [0, 0.05) is 32.4 Å². The largest absolute Gasteiger partial charge is 0.479 e. The highest BCUT2D eigenvalue weighted by atomic mass is 16.4. The summed E-state index contributed by atoms with van der Waals surface area (Å²) in [4.78, 5) is 37.2. The summed E-state index contributed by atoms with van der Waals surface area (Å²) in [6.07, 6.45) is 2.69. The molecular weight excluding hydrogens is 382 g/mol. The SMILES string of the molecule is N#Cc1ccccc1C(=O)N1CCN(/C(=N/C2(C(=O)O)CC2)c2ccccn2)CC1. The minimum atomic E-state index is -1.06. The second kappa shape index (κ2) is 7.95. The zero-order valence-electron chi connectivity index (χ0n) is 16.4. The average Bonchev–Trinajstić information content (AvgIpc) is 3.59. The van der Waals surface area contributed by atoms with E-state index >= 15 is 0 Å². The van der Waals surface area contributed by atoms with Gasteiger partial charge >= 0.3 is 5.97 Å². The first kappa shape index (κ1) is 19.6. The third-order valence-corrected chi connectivity index (χ3v) is 5.48. The quantitative estimate of drug-likeness (QED) is 0.615. The van der Waals surface area contributed by atoms with Crippen LogP contribution in [0.5, 0.6) is 0 Å². The molecule has 0 radical (unpaired) electrons. The molecule has 8 heteroatoms. The molecule has 1 aromatic heterocycles. The second-order valence-corrected chi connectivity index (χ2v) is 7.42. The van der Waals surface area contributed by atoms with Crippen molar-refractivity contribution in [2.75, 3.05) is 26.2 Å². The van der Waals surface area contributed by atoms with Crippen molar-refractivity contribution in [3.63, 3.8) is 0 Å². The first-order chi connectivity index (χ1) is 14.5. The summed E-state index contributed by atoms with van der Waals surface area (Å²) in [5, 5.41) is 18.8. The molecule has 2 heterocycles. The highest BCUT2D eigenvalue weighted by Crippen LogP contribution is 2.40. The Morgan fingerprint density at radius 1 is 1.03 bits per heavy atom. The lowest BCUT2D eigenvalue weighted by Crippen LogP contribution is -2.51. The van der Waals surface area contributed by atoms with E-state index in [-0.39, 0.29) is 5.91 Å². The molecule has 30 heavy (non-hydrogen) atoms. The van der Waals surface area contributed by atoms with Crippen molar-refractivity contribution in [2.24, 2.45) is 4.99 Å². The number of pyridine rings is 1. The Morgan fingerprint density at radius 3 is 2.30 bits per heavy atom.